The van der Waals surface area contributed by atoms with E-state index in [1.54, 1.807) is 6.07 Å². The highest BCUT2D eigenvalue weighted by Gasteiger charge is 2.31. The van der Waals surface area contributed by atoms with Crippen molar-refractivity contribution in [2.24, 2.45) is 0 Å². The third-order valence-corrected chi connectivity index (χ3v) is 3.96. The maximum atomic E-state index is 13.4. The summed E-state index contributed by atoms with van der Waals surface area (Å²) in [6.45, 7) is 0. The summed E-state index contributed by atoms with van der Waals surface area (Å²) in [6, 6.07) is 6.59. The lowest BCUT2D eigenvalue weighted by Crippen LogP contribution is -2.16. The first-order valence-corrected chi connectivity index (χ1v) is 7.53. The maximum absolute atomic E-state index is 13.4. The first-order valence-electron chi connectivity index (χ1n) is 6.17. The van der Waals surface area contributed by atoms with Crippen molar-refractivity contribution in [1.82, 2.24) is 4.98 Å². The van der Waals surface area contributed by atoms with Crippen molar-refractivity contribution in [3.05, 3.63) is 52.9 Å². The first kappa shape index (κ1) is 17.6. The fourth-order valence-corrected chi connectivity index (χ4v) is 2.51. The van der Waals surface area contributed by atoms with Gasteiger partial charge in [0.25, 0.3) is 0 Å². The molecule has 0 bridgehead atoms. The summed E-state index contributed by atoms with van der Waals surface area (Å²) < 4.78 is 50.8. The van der Waals surface area contributed by atoms with E-state index < -0.39 is 23.5 Å². The fraction of sp³-hybridized carbons (Fsp3) is 0.143. The van der Waals surface area contributed by atoms with Gasteiger partial charge < -0.3 is 5.32 Å². The Morgan fingerprint density at radius 1 is 1.30 bits per heavy atom. The molecule has 1 aromatic carbocycles. The van der Waals surface area contributed by atoms with E-state index in [1.165, 1.54) is 18.2 Å². The molecule has 0 spiro atoms. The number of benzene rings is 1. The number of thioether (sulfide) groups is 1. The van der Waals surface area contributed by atoms with Crippen LogP contribution in [0.25, 0.3) is 0 Å². The number of anilines is 1. The zero-order valence-corrected chi connectivity index (χ0v) is 12.9. The zero-order chi connectivity index (χ0) is 17.0. The number of nitrogens with one attached hydrogen (secondary N) is 1. The summed E-state index contributed by atoms with van der Waals surface area (Å²) in [6.07, 6.45) is -3.99. The van der Waals surface area contributed by atoms with Crippen LogP contribution in [0, 0.1) is 5.82 Å². The van der Waals surface area contributed by atoms with Crippen molar-refractivity contribution in [3.63, 3.8) is 0 Å². The third kappa shape index (κ3) is 4.84. The van der Waals surface area contributed by atoms with Gasteiger partial charge in [0.1, 0.15) is 5.82 Å². The summed E-state index contributed by atoms with van der Waals surface area (Å²) >= 11 is 6.63. The van der Waals surface area contributed by atoms with Crippen LogP contribution in [0.3, 0.4) is 0 Å². The minimum atomic E-state index is -4.57. The molecule has 23 heavy (non-hydrogen) atoms. The molecule has 0 atom stereocenters. The number of rotatable bonds is 4. The van der Waals surface area contributed by atoms with E-state index in [0.717, 1.165) is 11.8 Å². The van der Waals surface area contributed by atoms with Crippen molar-refractivity contribution >= 4 is 35.1 Å². The molecule has 1 N–H and O–H groups in total. The normalized spacial score (nSPS) is 11.3. The summed E-state index contributed by atoms with van der Waals surface area (Å²) in [5.41, 5.74) is -1.01. The van der Waals surface area contributed by atoms with Crippen molar-refractivity contribution in [2.45, 2.75) is 11.1 Å². The van der Waals surface area contributed by atoms with Crippen molar-refractivity contribution in [1.29, 1.82) is 0 Å². The molecule has 0 unspecified atom stereocenters. The van der Waals surface area contributed by atoms with Crippen LogP contribution in [-0.4, -0.2) is 16.6 Å². The monoisotopic (exact) mass is 364 g/mol. The first-order chi connectivity index (χ1) is 10.8. The number of nitrogens with zero attached hydrogens (tertiary/aromatic N) is 1. The van der Waals surface area contributed by atoms with Gasteiger partial charge in [-0.1, -0.05) is 23.7 Å². The molecular formula is C14H9ClF4N2OS. The highest BCUT2D eigenvalue weighted by Crippen LogP contribution is 2.32. The molecule has 2 rings (SSSR count). The molecule has 0 radical (unpaired) electrons. The van der Waals surface area contributed by atoms with Gasteiger partial charge in [-0.05, 0) is 18.2 Å². The van der Waals surface area contributed by atoms with Gasteiger partial charge in [-0.15, -0.1) is 11.8 Å². The highest BCUT2D eigenvalue weighted by molar-refractivity contribution is 8.00. The second kappa shape index (κ2) is 7.18. The van der Waals surface area contributed by atoms with E-state index in [1.807, 2.05) is 0 Å². The van der Waals surface area contributed by atoms with E-state index in [0.29, 0.717) is 12.3 Å². The minimum absolute atomic E-state index is 0.139. The molecule has 0 aliphatic rings. The van der Waals surface area contributed by atoms with Crippen LogP contribution < -0.4 is 5.32 Å². The Hall–Kier alpha value is -1.80. The highest BCUT2D eigenvalue weighted by atomic mass is 35.5. The largest absolute Gasteiger partial charge is 0.417 e. The number of halogens is 5. The predicted octanol–water partition coefficient (Wildman–Crippen LogP) is 4.62. The Kier molecular flexibility index (Phi) is 5.48. The average molecular weight is 365 g/mol. The zero-order valence-electron chi connectivity index (χ0n) is 11.3. The van der Waals surface area contributed by atoms with Crippen LogP contribution in [0.1, 0.15) is 5.56 Å². The van der Waals surface area contributed by atoms with Gasteiger partial charge in [0, 0.05) is 11.1 Å². The summed E-state index contributed by atoms with van der Waals surface area (Å²) in [5, 5.41) is 1.96. The van der Waals surface area contributed by atoms with Gasteiger partial charge in [0.2, 0.25) is 5.91 Å². The van der Waals surface area contributed by atoms with Crippen LogP contribution in [0.4, 0.5) is 23.4 Å². The molecule has 9 heteroatoms. The summed E-state index contributed by atoms with van der Waals surface area (Å²) in [5.74, 6) is -1.35. The topological polar surface area (TPSA) is 42.0 Å². The lowest BCUT2D eigenvalue weighted by molar-refractivity contribution is -0.137. The quantitative estimate of drug-likeness (QED) is 0.635. The lowest BCUT2D eigenvalue weighted by atomic mass is 10.3. The van der Waals surface area contributed by atoms with Crippen LogP contribution in [0.15, 0.2) is 41.4 Å². The van der Waals surface area contributed by atoms with Crippen molar-refractivity contribution < 1.29 is 22.4 Å². The molecule has 122 valence electrons. The van der Waals surface area contributed by atoms with Gasteiger partial charge in [0.15, 0.2) is 5.82 Å². The van der Waals surface area contributed by atoms with E-state index in [9.17, 15) is 22.4 Å². The molecule has 0 saturated heterocycles. The van der Waals surface area contributed by atoms with E-state index in [2.05, 4.69) is 10.3 Å². The smallest absolute Gasteiger partial charge is 0.309 e. The second-order valence-electron chi connectivity index (χ2n) is 4.32. The van der Waals surface area contributed by atoms with Crippen LogP contribution in [0.5, 0.6) is 0 Å². The molecular weight excluding hydrogens is 356 g/mol. The van der Waals surface area contributed by atoms with Crippen molar-refractivity contribution in [3.8, 4) is 0 Å². The molecule has 1 heterocycles. The maximum Gasteiger partial charge on any atom is 0.417 e. The molecule has 0 saturated carbocycles. The number of hydrogen-bond donors (Lipinski definition) is 1. The fourth-order valence-electron chi connectivity index (χ4n) is 1.56. The van der Waals surface area contributed by atoms with E-state index in [-0.39, 0.29) is 21.5 Å². The van der Waals surface area contributed by atoms with Crippen LogP contribution in [0.2, 0.25) is 5.02 Å². The van der Waals surface area contributed by atoms with Gasteiger partial charge in [-0.3, -0.25) is 4.79 Å². The van der Waals surface area contributed by atoms with Gasteiger partial charge in [0.05, 0.1) is 16.3 Å². The molecule has 0 aliphatic carbocycles. The van der Waals surface area contributed by atoms with Crippen molar-refractivity contribution in [2.75, 3.05) is 11.1 Å². The van der Waals surface area contributed by atoms with Crippen LogP contribution in [-0.2, 0) is 11.0 Å². The van der Waals surface area contributed by atoms with E-state index >= 15 is 0 Å². The third-order valence-electron chi connectivity index (χ3n) is 2.62. The number of alkyl halides is 3. The Bertz CT molecular complexity index is 724. The van der Waals surface area contributed by atoms with E-state index in [4.69, 9.17) is 11.6 Å². The number of carbonyl (C=O) groups is 1. The Balaban J connectivity index is 1.99. The molecule has 0 fully saturated rings. The standard InChI is InChI=1S/C14H9ClF4N2OS/c15-9-5-8(14(17,18)19)6-20-13(9)21-12(22)7-23-11-4-2-1-3-10(11)16/h1-6H,7H2,(H,20,21,22). The Labute approximate surface area is 138 Å². The molecule has 3 nitrogen and oxygen atoms in total. The summed E-state index contributed by atoms with van der Waals surface area (Å²) in [7, 11) is 0. The number of pyridine rings is 1. The lowest BCUT2D eigenvalue weighted by Gasteiger charge is -2.10. The predicted molar refractivity (Wildman–Crippen MR) is 80.0 cm³/mol. The van der Waals surface area contributed by atoms with Gasteiger partial charge >= 0.3 is 6.18 Å². The Morgan fingerprint density at radius 3 is 2.61 bits per heavy atom. The number of carbonyl (C=O) groups excluding carboxylic acids is 1. The molecule has 2 aromatic rings. The SMILES string of the molecule is O=C(CSc1ccccc1F)Nc1ncc(C(F)(F)F)cc1Cl. The number of aromatic nitrogens is 1. The molecule has 1 aromatic heterocycles. The second-order valence-corrected chi connectivity index (χ2v) is 5.74. The van der Waals surface area contributed by atoms with Gasteiger partial charge in [-0.2, -0.15) is 13.2 Å². The average Bonchev–Trinajstić information content (AvgIpc) is 2.47. The summed E-state index contributed by atoms with van der Waals surface area (Å²) in [4.78, 5) is 15.5. The Morgan fingerprint density at radius 2 is 2.00 bits per heavy atom. The van der Waals surface area contributed by atoms with Gasteiger partial charge in [-0.25, -0.2) is 9.37 Å². The number of hydrogen-bond acceptors (Lipinski definition) is 3. The minimum Gasteiger partial charge on any atom is -0.309 e. The molecule has 1 amide bonds. The van der Waals surface area contributed by atoms with Crippen LogP contribution >= 0.6 is 23.4 Å². The molecule has 0 aliphatic heterocycles. The number of amides is 1.